The molecule has 0 spiro atoms. The van der Waals surface area contributed by atoms with E-state index in [-0.39, 0.29) is 24.2 Å². The number of hydrogen-bond acceptors (Lipinski definition) is 3. The average molecular weight is 266 g/mol. The lowest BCUT2D eigenvalue weighted by Gasteiger charge is -2.05. The highest BCUT2D eigenvalue weighted by atomic mass is 19.1. The first kappa shape index (κ1) is 13.4. The van der Waals surface area contributed by atoms with Crippen molar-refractivity contribution in [2.45, 2.75) is 13.0 Å². The van der Waals surface area contributed by atoms with Gasteiger partial charge in [0.05, 0.1) is 12.3 Å². The fourth-order valence-corrected chi connectivity index (χ4v) is 1.71. The second-order valence-electron chi connectivity index (χ2n) is 4.03. The maximum Gasteiger partial charge on any atom is 0.251 e. The van der Waals surface area contributed by atoms with Gasteiger partial charge in [0.2, 0.25) is 0 Å². The maximum absolute atomic E-state index is 13.5. The van der Waals surface area contributed by atoms with E-state index in [2.05, 4.69) is 9.97 Å². The summed E-state index contributed by atoms with van der Waals surface area (Å²) in [5.41, 5.74) is 0.391. The Kier molecular flexibility index (Phi) is 4.01. The Morgan fingerprint density at radius 1 is 1.32 bits per heavy atom. The molecule has 0 amide bonds. The van der Waals surface area contributed by atoms with Crippen molar-refractivity contribution in [2.75, 3.05) is 7.11 Å². The molecule has 0 unspecified atom stereocenters. The van der Waals surface area contributed by atoms with Gasteiger partial charge in [-0.05, 0) is 11.6 Å². The van der Waals surface area contributed by atoms with Crippen molar-refractivity contribution >= 4 is 0 Å². The molecule has 1 aromatic carbocycles. The third-order valence-electron chi connectivity index (χ3n) is 2.51. The molecule has 1 heterocycles. The van der Waals surface area contributed by atoms with Gasteiger partial charge >= 0.3 is 0 Å². The van der Waals surface area contributed by atoms with Gasteiger partial charge in [0, 0.05) is 25.7 Å². The van der Waals surface area contributed by atoms with E-state index >= 15 is 0 Å². The number of methoxy groups -OCH3 is 1. The molecular formula is C13H12F2N2O2. The van der Waals surface area contributed by atoms with Crippen molar-refractivity contribution in [1.29, 1.82) is 0 Å². The summed E-state index contributed by atoms with van der Waals surface area (Å²) in [6, 6.07) is 4.60. The summed E-state index contributed by atoms with van der Waals surface area (Å²) in [6.45, 7) is 0.197. The molecule has 0 aliphatic heterocycles. The van der Waals surface area contributed by atoms with Gasteiger partial charge in [-0.25, -0.2) is 13.8 Å². The maximum atomic E-state index is 13.5. The summed E-state index contributed by atoms with van der Waals surface area (Å²) in [5.74, 6) is -0.999. The highest BCUT2D eigenvalue weighted by Gasteiger charge is 2.08. The molecule has 1 N–H and O–H groups in total. The van der Waals surface area contributed by atoms with E-state index in [4.69, 9.17) is 4.74 Å². The van der Waals surface area contributed by atoms with Crippen LogP contribution in [-0.2, 0) is 17.8 Å². The normalized spacial score (nSPS) is 10.7. The lowest BCUT2D eigenvalue weighted by atomic mass is 10.1. The molecule has 0 atom stereocenters. The molecule has 4 nitrogen and oxygen atoms in total. The highest BCUT2D eigenvalue weighted by Crippen LogP contribution is 2.12. The third-order valence-corrected chi connectivity index (χ3v) is 2.51. The molecule has 19 heavy (non-hydrogen) atoms. The van der Waals surface area contributed by atoms with E-state index in [1.807, 2.05) is 0 Å². The quantitative estimate of drug-likeness (QED) is 0.917. The fourth-order valence-electron chi connectivity index (χ4n) is 1.71. The molecule has 0 saturated heterocycles. The van der Waals surface area contributed by atoms with Crippen LogP contribution in [0.4, 0.5) is 8.78 Å². The smallest absolute Gasteiger partial charge is 0.251 e. The van der Waals surface area contributed by atoms with Crippen LogP contribution in [0.3, 0.4) is 0 Å². The molecule has 0 aliphatic carbocycles. The number of nitrogens with one attached hydrogen (secondary N) is 1. The van der Waals surface area contributed by atoms with Crippen LogP contribution >= 0.6 is 0 Å². The molecule has 1 aromatic heterocycles. The second kappa shape index (κ2) is 5.71. The molecule has 2 aromatic rings. The highest BCUT2D eigenvalue weighted by molar-refractivity contribution is 5.22. The molecule has 2 rings (SSSR count). The Hall–Kier alpha value is -2.08. The second-order valence-corrected chi connectivity index (χ2v) is 4.03. The minimum absolute atomic E-state index is 0.0822. The van der Waals surface area contributed by atoms with Gasteiger partial charge in [-0.1, -0.05) is 6.07 Å². The number of benzene rings is 1. The van der Waals surface area contributed by atoms with Crippen LogP contribution < -0.4 is 5.56 Å². The molecule has 0 aliphatic rings. The summed E-state index contributed by atoms with van der Waals surface area (Å²) in [7, 11) is 1.49. The van der Waals surface area contributed by atoms with Gasteiger partial charge in [-0.3, -0.25) is 4.79 Å². The zero-order chi connectivity index (χ0) is 13.8. The minimum Gasteiger partial charge on any atom is -0.378 e. The Bertz CT molecular complexity index is 641. The van der Waals surface area contributed by atoms with E-state index in [0.29, 0.717) is 11.5 Å². The largest absolute Gasteiger partial charge is 0.378 e. The molecule has 0 bridgehead atoms. The number of ether oxygens (including phenoxy) is 1. The van der Waals surface area contributed by atoms with Crippen molar-refractivity contribution in [3.05, 3.63) is 63.3 Å². The van der Waals surface area contributed by atoms with Crippen molar-refractivity contribution in [2.24, 2.45) is 0 Å². The number of aromatic nitrogens is 2. The summed E-state index contributed by atoms with van der Waals surface area (Å²) < 4.78 is 31.2. The van der Waals surface area contributed by atoms with Gasteiger partial charge in [-0.15, -0.1) is 0 Å². The Morgan fingerprint density at radius 3 is 2.79 bits per heavy atom. The SMILES string of the molecule is COCc1cc(=O)[nH]c(Cc2ccc(F)cc2F)n1. The number of H-pyrrole nitrogens is 1. The van der Waals surface area contributed by atoms with E-state index in [1.165, 1.54) is 19.2 Å². The molecule has 0 radical (unpaired) electrons. The third kappa shape index (κ3) is 3.45. The van der Waals surface area contributed by atoms with Gasteiger partial charge < -0.3 is 9.72 Å². The van der Waals surface area contributed by atoms with Gasteiger partial charge in [0.15, 0.2) is 0 Å². The van der Waals surface area contributed by atoms with Crippen molar-refractivity contribution in [3.8, 4) is 0 Å². The van der Waals surface area contributed by atoms with Gasteiger partial charge in [0.1, 0.15) is 17.5 Å². The van der Waals surface area contributed by atoms with Crippen LogP contribution in [-0.4, -0.2) is 17.1 Å². The average Bonchev–Trinajstić information content (AvgIpc) is 2.32. The van der Waals surface area contributed by atoms with E-state index in [0.717, 1.165) is 12.1 Å². The van der Waals surface area contributed by atoms with Crippen LogP contribution in [0.2, 0.25) is 0 Å². The van der Waals surface area contributed by atoms with Crippen molar-refractivity contribution < 1.29 is 13.5 Å². The lowest BCUT2D eigenvalue weighted by molar-refractivity contribution is 0.181. The Labute approximate surface area is 108 Å². The minimum atomic E-state index is -0.667. The predicted octanol–water partition coefficient (Wildman–Crippen LogP) is 1.79. The van der Waals surface area contributed by atoms with Crippen LogP contribution in [0.25, 0.3) is 0 Å². The van der Waals surface area contributed by atoms with E-state index < -0.39 is 11.6 Å². The predicted molar refractivity (Wildman–Crippen MR) is 64.7 cm³/mol. The zero-order valence-electron chi connectivity index (χ0n) is 10.2. The topological polar surface area (TPSA) is 55.0 Å². The van der Waals surface area contributed by atoms with Crippen LogP contribution in [0.5, 0.6) is 0 Å². The van der Waals surface area contributed by atoms with Crippen LogP contribution in [0, 0.1) is 11.6 Å². The van der Waals surface area contributed by atoms with Gasteiger partial charge in [0.25, 0.3) is 5.56 Å². The van der Waals surface area contributed by atoms with Crippen LogP contribution in [0.15, 0.2) is 29.1 Å². The number of hydrogen-bond donors (Lipinski definition) is 1. The number of halogens is 2. The summed E-state index contributed by atoms with van der Waals surface area (Å²) in [5, 5.41) is 0. The lowest BCUT2D eigenvalue weighted by Crippen LogP contribution is -2.14. The molecule has 0 saturated carbocycles. The first-order valence-electron chi connectivity index (χ1n) is 5.60. The molecule has 6 heteroatoms. The van der Waals surface area contributed by atoms with E-state index in [1.54, 1.807) is 0 Å². The molecule has 0 fully saturated rings. The van der Waals surface area contributed by atoms with Gasteiger partial charge in [-0.2, -0.15) is 0 Å². The monoisotopic (exact) mass is 266 g/mol. The number of nitrogens with zero attached hydrogens (tertiary/aromatic N) is 1. The standard InChI is InChI=1S/C13H12F2N2O2/c1-19-7-10-6-13(18)17-12(16-10)4-8-2-3-9(14)5-11(8)15/h2-3,5-6H,4,7H2,1H3,(H,16,17,18). The van der Waals surface area contributed by atoms with Crippen molar-refractivity contribution in [1.82, 2.24) is 9.97 Å². The fraction of sp³-hybridized carbons (Fsp3) is 0.231. The Morgan fingerprint density at radius 2 is 2.11 bits per heavy atom. The van der Waals surface area contributed by atoms with Crippen LogP contribution in [0.1, 0.15) is 17.1 Å². The number of aromatic amines is 1. The molecule has 100 valence electrons. The van der Waals surface area contributed by atoms with E-state index in [9.17, 15) is 13.6 Å². The van der Waals surface area contributed by atoms with Crippen molar-refractivity contribution in [3.63, 3.8) is 0 Å². The molecular weight excluding hydrogens is 254 g/mol. The number of rotatable bonds is 4. The first-order valence-corrected chi connectivity index (χ1v) is 5.60. The Balaban J connectivity index is 2.30. The summed E-state index contributed by atoms with van der Waals surface area (Å²) in [4.78, 5) is 18.1. The zero-order valence-corrected chi connectivity index (χ0v) is 10.2. The summed E-state index contributed by atoms with van der Waals surface area (Å²) >= 11 is 0. The first-order chi connectivity index (χ1) is 9.08. The summed E-state index contributed by atoms with van der Waals surface area (Å²) in [6.07, 6.45) is 0.0822.